The van der Waals surface area contributed by atoms with Gasteiger partial charge in [-0.05, 0) is 49.1 Å². The molecule has 0 saturated carbocycles. The van der Waals surface area contributed by atoms with Crippen LogP contribution in [0.4, 0.5) is 9.80 Å². The van der Waals surface area contributed by atoms with Crippen molar-refractivity contribution >= 4 is 28.3 Å². The number of carbonyl (C=O) groups excluding carboxylic acids is 2. The number of aryl methyl sites for hydroxylation is 3. The first-order valence-electron chi connectivity index (χ1n) is 11.4. The van der Waals surface area contributed by atoms with Crippen LogP contribution >= 0.6 is 11.3 Å². The Balaban J connectivity index is 1.37. The number of urea groups is 1. The topological polar surface area (TPSA) is 112 Å². The number of nitrogens with one attached hydrogen (secondary N) is 2. The van der Waals surface area contributed by atoms with Crippen LogP contribution in [0.25, 0.3) is 0 Å². The Hall–Kier alpha value is -3.84. The van der Waals surface area contributed by atoms with Crippen molar-refractivity contribution in [3.63, 3.8) is 0 Å². The third-order valence-corrected chi connectivity index (χ3v) is 7.14. The molecule has 0 radical (unpaired) electrons. The van der Waals surface area contributed by atoms with Crippen LogP contribution in [-0.4, -0.2) is 40.3 Å². The fourth-order valence-electron chi connectivity index (χ4n) is 4.17. The van der Waals surface area contributed by atoms with Crippen LogP contribution < -0.4 is 15.4 Å². The molecule has 182 valence electrons. The van der Waals surface area contributed by atoms with Gasteiger partial charge in [-0.2, -0.15) is 10.4 Å². The van der Waals surface area contributed by atoms with Gasteiger partial charge in [0, 0.05) is 24.9 Å². The number of hydrogen-bond donors (Lipinski definition) is 2. The molecule has 4 rings (SSSR count). The highest BCUT2D eigenvalue weighted by Gasteiger charge is 2.27. The van der Waals surface area contributed by atoms with Crippen LogP contribution in [0.15, 0.2) is 30.3 Å². The van der Waals surface area contributed by atoms with Crippen LogP contribution in [0.3, 0.4) is 0 Å². The van der Waals surface area contributed by atoms with E-state index in [0.29, 0.717) is 49.5 Å². The first kappa shape index (κ1) is 24.3. The van der Waals surface area contributed by atoms with E-state index < -0.39 is 0 Å². The normalized spacial score (nSPS) is 12.6. The summed E-state index contributed by atoms with van der Waals surface area (Å²) >= 11 is 1.37. The van der Waals surface area contributed by atoms with Gasteiger partial charge < -0.3 is 20.3 Å². The van der Waals surface area contributed by atoms with Gasteiger partial charge in [-0.3, -0.25) is 9.48 Å². The average molecular weight is 493 g/mol. The molecule has 3 amide bonds. The number of amides is 3. The number of ether oxygens (including phenoxy) is 1. The Kier molecular flexibility index (Phi) is 7.36. The van der Waals surface area contributed by atoms with Gasteiger partial charge in [-0.25, -0.2) is 4.79 Å². The first-order chi connectivity index (χ1) is 16.9. The summed E-state index contributed by atoms with van der Waals surface area (Å²) in [5.41, 5.74) is 4.26. The second-order valence-corrected chi connectivity index (χ2v) is 9.56. The summed E-state index contributed by atoms with van der Waals surface area (Å²) in [7, 11) is 3.46. The molecule has 2 aromatic heterocycles. The molecule has 0 aliphatic carbocycles. The molecule has 0 unspecified atom stereocenters. The number of nitrogens with zero attached hydrogens (tertiary/aromatic N) is 4. The Morgan fingerprint density at radius 3 is 2.86 bits per heavy atom. The molecule has 0 spiro atoms. The monoisotopic (exact) mass is 492 g/mol. The molecule has 0 saturated heterocycles. The number of hydrogen-bond acceptors (Lipinski definition) is 6. The minimum Gasteiger partial charge on any atom is -0.497 e. The highest BCUT2D eigenvalue weighted by molar-refractivity contribution is 7.16. The largest absolute Gasteiger partial charge is 0.497 e. The predicted molar refractivity (Wildman–Crippen MR) is 133 cm³/mol. The lowest BCUT2D eigenvalue weighted by atomic mass is 10.0. The minimum atomic E-state index is -0.162. The highest BCUT2D eigenvalue weighted by Crippen LogP contribution is 2.36. The van der Waals surface area contributed by atoms with E-state index >= 15 is 0 Å². The van der Waals surface area contributed by atoms with Gasteiger partial charge in [0.05, 0.1) is 37.2 Å². The van der Waals surface area contributed by atoms with Gasteiger partial charge in [0.25, 0.3) is 0 Å². The smallest absolute Gasteiger partial charge is 0.318 e. The van der Waals surface area contributed by atoms with Crippen molar-refractivity contribution in [3.05, 3.63) is 63.3 Å². The molecule has 1 aliphatic heterocycles. The SMILES string of the molecule is COc1cccc(CCC(=O)Nc2sc3c(c2C#N)CCN(C(=O)NCc2cc(C)nn2C)C3)c1. The summed E-state index contributed by atoms with van der Waals surface area (Å²) in [4.78, 5) is 28.0. The van der Waals surface area contributed by atoms with Crippen molar-refractivity contribution in [1.82, 2.24) is 20.0 Å². The molecule has 0 atom stereocenters. The summed E-state index contributed by atoms with van der Waals surface area (Å²) in [6.07, 6.45) is 1.44. The van der Waals surface area contributed by atoms with Crippen LogP contribution in [-0.2, 0) is 37.8 Å². The summed E-state index contributed by atoms with van der Waals surface area (Å²) in [5.74, 6) is 0.605. The van der Waals surface area contributed by atoms with Crippen LogP contribution in [0.5, 0.6) is 5.75 Å². The summed E-state index contributed by atoms with van der Waals surface area (Å²) in [6.45, 7) is 3.22. The fraction of sp³-hybridized carbons (Fsp3) is 0.360. The lowest BCUT2D eigenvalue weighted by molar-refractivity contribution is -0.116. The third-order valence-electron chi connectivity index (χ3n) is 6.00. The molecule has 3 heterocycles. The average Bonchev–Trinajstić information content (AvgIpc) is 3.37. The van der Waals surface area contributed by atoms with Gasteiger partial charge in [-0.1, -0.05) is 12.1 Å². The zero-order valence-electron chi connectivity index (χ0n) is 20.1. The lowest BCUT2D eigenvalue weighted by Crippen LogP contribution is -2.42. The molecule has 35 heavy (non-hydrogen) atoms. The second kappa shape index (κ2) is 10.6. The Bertz CT molecular complexity index is 1290. The zero-order valence-corrected chi connectivity index (χ0v) is 20.9. The van der Waals surface area contributed by atoms with E-state index in [1.165, 1.54) is 11.3 Å². The minimum absolute atomic E-state index is 0.149. The number of benzene rings is 1. The summed E-state index contributed by atoms with van der Waals surface area (Å²) in [5, 5.41) is 20.5. The molecule has 1 aliphatic rings. The van der Waals surface area contributed by atoms with Crippen molar-refractivity contribution in [2.75, 3.05) is 19.0 Å². The van der Waals surface area contributed by atoms with E-state index in [2.05, 4.69) is 21.8 Å². The number of rotatable bonds is 7. The van der Waals surface area contributed by atoms with Crippen molar-refractivity contribution in [2.45, 2.75) is 39.3 Å². The number of carbonyl (C=O) groups is 2. The molecule has 1 aromatic carbocycles. The van der Waals surface area contributed by atoms with Crippen molar-refractivity contribution < 1.29 is 14.3 Å². The quantitative estimate of drug-likeness (QED) is 0.524. The maximum atomic E-state index is 12.8. The summed E-state index contributed by atoms with van der Waals surface area (Å²) < 4.78 is 6.99. The van der Waals surface area contributed by atoms with Gasteiger partial charge in [0.2, 0.25) is 5.91 Å². The van der Waals surface area contributed by atoms with Crippen molar-refractivity contribution in [2.24, 2.45) is 7.05 Å². The van der Waals surface area contributed by atoms with E-state index in [1.807, 2.05) is 44.3 Å². The number of thiophene rings is 1. The van der Waals surface area contributed by atoms with Crippen LogP contribution in [0.1, 0.15) is 39.4 Å². The van der Waals surface area contributed by atoms with E-state index in [4.69, 9.17) is 4.74 Å². The molecular weight excluding hydrogens is 464 g/mol. The standard InChI is InChI=1S/C25H28N6O3S/c1-16-11-18(30(2)29-16)14-27-25(33)31-10-9-20-21(13-26)24(35-22(20)15-31)28-23(32)8-7-17-5-4-6-19(12-17)34-3/h4-6,11-12H,7-10,14-15H2,1-3H3,(H,27,33)(H,28,32). The molecule has 0 bridgehead atoms. The number of anilines is 1. The van der Waals surface area contributed by atoms with Gasteiger partial charge in [0.15, 0.2) is 0 Å². The summed E-state index contributed by atoms with van der Waals surface area (Å²) in [6, 6.07) is 11.6. The maximum Gasteiger partial charge on any atom is 0.318 e. The second-order valence-electron chi connectivity index (χ2n) is 8.45. The van der Waals surface area contributed by atoms with Gasteiger partial charge >= 0.3 is 6.03 Å². The Morgan fingerprint density at radius 1 is 1.31 bits per heavy atom. The Labute approximate surface area is 208 Å². The van der Waals surface area contributed by atoms with Crippen molar-refractivity contribution in [1.29, 1.82) is 5.26 Å². The number of nitriles is 1. The molecular formula is C25H28N6O3S. The zero-order chi connectivity index (χ0) is 24.9. The van der Waals surface area contributed by atoms with E-state index in [1.54, 1.807) is 16.7 Å². The molecule has 10 heteroatoms. The number of aromatic nitrogens is 2. The van der Waals surface area contributed by atoms with Gasteiger partial charge in [-0.15, -0.1) is 11.3 Å². The number of methoxy groups -OCH3 is 1. The van der Waals surface area contributed by atoms with E-state index in [9.17, 15) is 14.9 Å². The van der Waals surface area contributed by atoms with E-state index in [-0.39, 0.29) is 11.9 Å². The molecule has 0 fully saturated rings. The molecule has 3 aromatic rings. The fourth-order valence-corrected chi connectivity index (χ4v) is 5.40. The van der Waals surface area contributed by atoms with Crippen LogP contribution in [0.2, 0.25) is 0 Å². The first-order valence-corrected chi connectivity index (χ1v) is 12.2. The third kappa shape index (κ3) is 5.63. The lowest BCUT2D eigenvalue weighted by Gasteiger charge is -2.27. The van der Waals surface area contributed by atoms with Gasteiger partial charge in [0.1, 0.15) is 16.8 Å². The van der Waals surface area contributed by atoms with E-state index in [0.717, 1.165) is 33.1 Å². The maximum absolute atomic E-state index is 12.8. The predicted octanol–water partition coefficient (Wildman–Crippen LogP) is 3.51. The van der Waals surface area contributed by atoms with Crippen molar-refractivity contribution in [3.8, 4) is 11.8 Å². The highest BCUT2D eigenvalue weighted by atomic mass is 32.1. The molecule has 9 nitrogen and oxygen atoms in total. The van der Waals surface area contributed by atoms with Crippen LogP contribution in [0, 0.1) is 18.3 Å². The Morgan fingerprint density at radius 2 is 2.14 bits per heavy atom. The number of fused-ring (bicyclic) bond motifs is 1. The molecule has 2 N–H and O–H groups in total.